The molecular formula is C18H19NO. The van der Waals surface area contributed by atoms with Crippen LogP contribution in [0.4, 0.5) is 0 Å². The molecule has 1 aliphatic rings. The van der Waals surface area contributed by atoms with Gasteiger partial charge in [-0.15, -0.1) is 0 Å². The number of hydrogen-bond acceptors (Lipinski definition) is 1. The van der Waals surface area contributed by atoms with E-state index >= 15 is 0 Å². The van der Waals surface area contributed by atoms with Gasteiger partial charge in [0.25, 0.3) is 5.91 Å². The van der Waals surface area contributed by atoms with Gasteiger partial charge in [-0.05, 0) is 17.2 Å². The van der Waals surface area contributed by atoms with Crippen molar-refractivity contribution in [1.82, 2.24) is 4.90 Å². The van der Waals surface area contributed by atoms with Crippen molar-refractivity contribution in [3.63, 3.8) is 0 Å². The Morgan fingerprint density at radius 3 is 2.40 bits per heavy atom. The SMILES string of the molecule is CC1(C)CN(Cc2ccccc2)C(=O)c2ccccc21. The van der Waals surface area contributed by atoms with Gasteiger partial charge in [-0.25, -0.2) is 0 Å². The fraction of sp³-hybridized carbons (Fsp3) is 0.278. The zero-order valence-electron chi connectivity index (χ0n) is 12.0. The molecule has 0 aliphatic carbocycles. The second kappa shape index (κ2) is 4.78. The lowest BCUT2D eigenvalue weighted by atomic mass is 9.78. The highest BCUT2D eigenvalue weighted by Crippen LogP contribution is 2.33. The van der Waals surface area contributed by atoms with Crippen LogP contribution < -0.4 is 0 Å². The quantitative estimate of drug-likeness (QED) is 0.812. The molecule has 0 radical (unpaired) electrons. The predicted molar refractivity (Wildman–Crippen MR) is 80.7 cm³/mol. The molecule has 0 saturated heterocycles. The van der Waals surface area contributed by atoms with E-state index in [0.29, 0.717) is 6.54 Å². The smallest absolute Gasteiger partial charge is 0.254 e. The van der Waals surface area contributed by atoms with Gasteiger partial charge in [0.2, 0.25) is 0 Å². The molecule has 2 heteroatoms. The number of rotatable bonds is 2. The summed E-state index contributed by atoms with van der Waals surface area (Å²) in [6.45, 7) is 5.85. The zero-order valence-corrected chi connectivity index (χ0v) is 12.0. The molecule has 20 heavy (non-hydrogen) atoms. The van der Waals surface area contributed by atoms with Crippen molar-refractivity contribution in [3.8, 4) is 0 Å². The van der Waals surface area contributed by atoms with Crippen molar-refractivity contribution in [3.05, 3.63) is 71.3 Å². The predicted octanol–water partition coefficient (Wildman–Crippen LogP) is 3.62. The number of carbonyl (C=O) groups excluding carboxylic acids is 1. The highest BCUT2D eigenvalue weighted by atomic mass is 16.2. The highest BCUT2D eigenvalue weighted by Gasteiger charge is 2.35. The summed E-state index contributed by atoms with van der Waals surface area (Å²) in [5, 5.41) is 0. The van der Waals surface area contributed by atoms with Crippen LogP contribution in [0.2, 0.25) is 0 Å². The van der Waals surface area contributed by atoms with E-state index in [1.165, 1.54) is 5.56 Å². The maximum absolute atomic E-state index is 12.6. The monoisotopic (exact) mass is 265 g/mol. The van der Waals surface area contributed by atoms with Gasteiger partial charge in [-0.1, -0.05) is 62.4 Å². The Balaban J connectivity index is 1.95. The second-order valence-electron chi connectivity index (χ2n) is 6.08. The van der Waals surface area contributed by atoms with Crippen molar-refractivity contribution in [2.24, 2.45) is 0 Å². The fourth-order valence-corrected chi connectivity index (χ4v) is 3.00. The normalized spacial score (nSPS) is 16.9. The van der Waals surface area contributed by atoms with E-state index < -0.39 is 0 Å². The van der Waals surface area contributed by atoms with Crippen LogP contribution in [0.5, 0.6) is 0 Å². The molecule has 0 spiro atoms. The van der Waals surface area contributed by atoms with Gasteiger partial charge in [0.1, 0.15) is 0 Å². The van der Waals surface area contributed by atoms with Gasteiger partial charge in [0, 0.05) is 24.1 Å². The molecule has 3 rings (SSSR count). The molecule has 2 nitrogen and oxygen atoms in total. The Hall–Kier alpha value is -2.09. The van der Waals surface area contributed by atoms with Gasteiger partial charge in [-0.3, -0.25) is 4.79 Å². The maximum Gasteiger partial charge on any atom is 0.254 e. The molecule has 1 amide bonds. The lowest BCUT2D eigenvalue weighted by molar-refractivity contribution is 0.0673. The average Bonchev–Trinajstić information content (AvgIpc) is 2.46. The van der Waals surface area contributed by atoms with Gasteiger partial charge in [0.05, 0.1) is 0 Å². The third-order valence-corrected chi connectivity index (χ3v) is 3.98. The van der Waals surface area contributed by atoms with Gasteiger partial charge < -0.3 is 4.90 Å². The first kappa shape index (κ1) is 12.9. The average molecular weight is 265 g/mol. The van der Waals surface area contributed by atoms with Crippen molar-refractivity contribution in [2.45, 2.75) is 25.8 Å². The van der Waals surface area contributed by atoms with Crippen molar-refractivity contribution < 1.29 is 4.79 Å². The summed E-state index contributed by atoms with van der Waals surface area (Å²) >= 11 is 0. The minimum absolute atomic E-state index is 0.000711. The van der Waals surface area contributed by atoms with Crippen LogP contribution in [-0.4, -0.2) is 17.4 Å². The first-order valence-electron chi connectivity index (χ1n) is 7.01. The van der Waals surface area contributed by atoms with Crippen molar-refractivity contribution in [2.75, 3.05) is 6.54 Å². The lowest BCUT2D eigenvalue weighted by Gasteiger charge is -2.39. The minimum atomic E-state index is -0.000711. The van der Waals surface area contributed by atoms with Crippen LogP contribution in [0, 0.1) is 0 Å². The number of fused-ring (bicyclic) bond motifs is 1. The summed E-state index contributed by atoms with van der Waals surface area (Å²) < 4.78 is 0. The Morgan fingerprint density at radius 2 is 1.65 bits per heavy atom. The van der Waals surface area contributed by atoms with E-state index in [9.17, 15) is 4.79 Å². The summed E-state index contributed by atoms with van der Waals surface area (Å²) in [7, 11) is 0. The third kappa shape index (κ3) is 2.22. The molecule has 1 heterocycles. The molecule has 0 aromatic heterocycles. The molecule has 0 bridgehead atoms. The zero-order chi connectivity index (χ0) is 14.2. The van der Waals surface area contributed by atoms with E-state index in [1.54, 1.807) is 0 Å². The van der Waals surface area contributed by atoms with Gasteiger partial charge in [0.15, 0.2) is 0 Å². The van der Waals surface area contributed by atoms with Crippen LogP contribution in [0.1, 0.15) is 35.3 Å². The number of hydrogen-bond donors (Lipinski definition) is 0. The summed E-state index contributed by atoms with van der Waals surface area (Å²) in [5.41, 5.74) is 3.18. The van der Waals surface area contributed by atoms with Crippen LogP contribution in [0.3, 0.4) is 0 Å². The number of carbonyl (C=O) groups is 1. The van der Waals surface area contributed by atoms with E-state index in [1.807, 2.05) is 41.3 Å². The molecule has 0 atom stereocenters. The van der Waals surface area contributed by atoms with Crippen molar-refractivity contribution >= 4 is 5.91 Å². The Labute approximate surface area is 120 Å². The van der Waals surface area contributed by atoms with E-state index in [0.717, 1.165) is 17.7 Å². The van der Waals surface area contributed by atoms with Crippen LogP contribution in [0.25, 0.3) is 0 Å². The number of benzene rings is 2. The Bertz CT molecular complexity index is 631. The molecule has 0 saturated carbocycles. The van der Waals surface area contributed by atoms with Crippen LogP contribution in [-0.2, 0) is 12.0 Å². The fourth-order valence-electron chi connectivity index (χ4n) is 3.00. The van der Waals surface area contributed by atoms with Crippen LogP contribution in [0.15, 0.2) is 54.6 Å². The topological polar surface area (TPSA) is 20.3 Å². The van der Waals surface area contributed by atoms with E-state index in [-0.39, 0.29) is 11.3 Å². The summed E-state index contributed by atoms with van der Waals surface area (Å²) in [5.74, 6) is 0.142. The third-order valence-electron chi connectivity index (χ3n) is 3.98. The first-order valence-corrected chi connectivity index (χ1v) is 7.01. The molecule has 1 aliphatic heterocycles. The summed E-state index contributed by atoms with van der Waals surface area (Å²) in [4.78, 5) is 14.6. The maximum atomic E-state index is 12.6. The lowest BCUT2D eigenvalue weighted by Crippen LogP contribution is -2.46. The molecule has 0 N–H and O–H groups in total. The van der Waals surface area contributed by atoms with Crippen molar-refractivity contribution in [1.29, 1.82) is 0 Å². The van der Waals surface area contributed by atoms with Gasteiger partial charge >= 0.3 is 0 Å². The molecule has 2 aromatic rings. The molecule has 2 aromatic carbocycles. The van der Waals surface area contributed by atoms with Gasteiger partial charge in [-0.2, -0.15) is 0 Å². The minimum Gasteiger partial charge on any atom is -0.333 e. The second-order valence-corrected chi connectivity index (χ2v) is 6.08. The summed E-state index contributed by atoms with van der Waals surface area (Å²) in [6, 6.07) is 18.2. The molecule has 0 unspecified atom stereocenters. The number of amides is 1. The highest BCUT2D eigenvalue weighted by molar-refractivity contribution is 5.97. The van der Waals surface area contributed by atoms with Crippen LogP contribution >= 0.6 is 0 Å². The largest absolute Gasteiger partial charge is 0.333 e. The first-order chi connectivity index (χ1) is 9.58. The molecule has 0 fully saturated rings. The van der Waals surface area contributed by atoms with E-state index in [4.69, 9.17) is 0 Å². The summed E-state index contributed by atoms with van der Waals surface area (Å²) in [6.07, 6.45) is 0. The van der Waals surface area contributed by atoms with E-state index in [2.05, 4.69) is 32.0 Å². The Kier molecular flexibility index (Phi) is 3.09. The molecular weight excluding hydrogens is 246 g/mol. The number of nitrogens with zero attached hydrogens (tertiary/aromatic N) is 1. The Morgan fingerprint density at radius 1 is 1.00 bits per heavy atom. The standard InChI is InChI=1S/C18H19NO/c1-18(2)13-19(12-14-8-4-3-5-9-14)17(20)15-10-6-7-11-16(15)18/h3-11H,12-13H2,1-2H3. The molecule has 102 valence electrons.